The molecule has 2 aromatic carbocycles. The highest BCUT2D eigenvalue weighted by Crippen LogP contribution is 2.25. The number of alkyl halides is 2. The van der Waals surface area contributed by atoms with Gasteiger partial charge < -0.3 is 15.0 Å². The SMILES string of the molecule is O=C(CN1CCN(C(=O)c2ccccc2)CC1)Nc1ccccc1OC(F)F. The molecule has 1 fully saturated rings. The molecule has 0 atom stereocenters. The van der Waals surface area contributed by atoms with Crippen molar-refractivity contribution in [1.29, 1.82) is 0 Å². The highest BCUT2D eigenvalue weighted by Gasteiger charge is 2.23. The number of nitrogens with zero attached hydrogens (tertiary/aromatic N) is 2. The highest BCUT2D eigenvalue weighted by molar-refractivity contribution is 5.95. The first-order valence-corrected chi connectivity index (χ1v) is 8.93. The van der Waals surface area contributed by atoms with E-state index < -0.39 is 6.61 Å². The Kier molecular flexibility index (Phi) is 6.54. The van der Waals surface area contributed by atoms with Crippen molar-refractivity contribution in [3.8, 4) is 5.75 Å². The summed E-state index contributed by atoms with van der Waals surface area (Å²) < 4.78 is 29.3. The molecule has 8 heteroatoms. The van der Waals surface area contributed by atoms with Crippen LogP contribution in [0.3, 0.4) is 0 Å². The largest absolute Gasteiger partial charge is 0.433 e. The van der Waals surface area contributed by atoms with Gasteiger partial charge in [0.25, 0.3) is 5.91 Å². The second-order valence-corrected chi connectivity index (χ2v) is 6.36. The summed E-state index contributed by atoms with van der Waals surface area (Å²) in [4.78, 5) is 28.4. The van der Waals surface area contributed by atoms with Gasteiger partial charge in [0.1, 0.15) is 5.75 Å². The monoisotopic (exact) mass is 389 g/mol. The Labute approximate surface area is 161 Å². The van der Waals surface area contributed by atoms with Crippen LogP contribution in [0.4, 0.5) is 14.5 Å². The molecule has 6 nitrogen and oxygen atoms in total. The molecular weight excluding hydrogens is 368 g/mol. The topological polar surface area (TPSA) is 61.9 Å². The van der Waals surface area contributed by atoms with Crippen molar-refractivity contribution in [2.24, 2.45) is 0 Å². The average Bonchev–Trinajstić information content (AvgIpc) is 2.70. The van der Waals surface area contributed by atoms with E-state index in [1.165, 1.54) is 12.1 Å². The number of amides is 2. The van der Waals surface area contributed by atoms with Gasteiger partial charge in [-0.05, 0) is 24.3 Å². The lowest BCUT2D eigenvalue weighted by molar-refractivity contribution is -0.117. The van der Waals surface area contributed by atoms with E-state index >= 15 is 0 Å². The smallest absolute Gasteiger partial charge is 0.387 e. The van der Waals surface area contributed by atoms with Crippen LogP contribution in [0.15, 0.2) is 54.6 Å². The lowest BCUT2D eigenvalue weighted by atomic mass is 10.2. The maximum Gasteiger partial charge on any atom is 0.387 e. The molecule has 0 radical (unpaired) electrons. The number of nitrogens with one attached hydrogen (secondary N) is 1. The molecule has 0 bridgehead atoms. The zero-order valence-electron chi connectivity index (χ0n) is 15.2. The Bertz CT molecular complexity index is 809. The molecular formula is C20H21F2N3O3. The van der Waals surface area contributed by atoms with E-state index in [4.69, 9.17) is 0 Å². The number of anilines is 1. The molecule has 1 heterocycles. The predicted octanol–water partition coefficient (Wildman–Crippen LogP) is 2.68. The minimum absolute atomic E-state index is 0.0252. The lowest BCUT2D eigenvalue weighted by Crippen LogP contribution is -2.50. The van der Waals surface area contributed by atoms with Crippen LogP contribution in [0.5, 0.6) is 5.75 Å². The normalized spacial score (nSPS) is 14.8. The molecule has 0 saturated carbocycles. The van der Waals surface area contributed by atoms with Gasteiger partial charge in [-0.15, -0.1) is 0 Å². The summed E-state index contributed by atoms with van der Waals surface area (Å²) in [7, 11) is 0. The number of ether oxygens (including phenoxy) is 1. The lowest BCUT2D eigenvalue weighted by Gasteiger charge is -2.34. The van der Waals surface area contributed by atoms with Crippen LogP contribution in [0.1, 0.15) is 10.4 Å². The maximum atomic E-state index is 12.5. The van der Waals surface area contributed by atoms with Crippen LogP contribution in [-0.2, 0) is 4.79 Å². The van der Waals surface area contributed by atoms with E-state index in [9.17, 15) is 18.4 Å². The van der Waals surface area contributed by atoms with Crippen molar-refractivity contribution in [3.63, 3.8) is 0 Å². The molecule has 2 aromatic rings. The molecule has 0 aromatic heterocycles. The van der Waals surface area contributed by atoms with Crippen molar-refractivity contribution in [3.05, 3.63) is 60.2 Å². The number of para-hydroxylation sites is 2. The van der Waals surface area contributed by atoms with E-state index in [-0.39, 0.29) is 29.8 Å². The second-order valence-electron chi connectivity index (χ2n) is 6.36. The fraction of sp³-hybridized carbons (Fsp3) is 0.300. The quantitative estimate of drug-likeness (QED) is 0.825. The van der Waals surface area contributed by atoms with Gasteiger partial charge in [0.05, 0.1) is 12.2 Å². The van der Waals surface area contributed by atoms with E-state index in [1.54, 1.807) is 29.2 Å². The molecule has 2 amide bonds. The van der Waals surface area contributed by atoms with Crippen LogP contribution in [0.2, 0.25) is 0 Å². The van der Waals surface area contributed by atoms with Crippen LogP contribution < -0.4 is 10.1 Å². The van der Waals surface area contributed by atoms with Crippen molar-refractivity contribution in [2.75, 3.05) is 38.0 Å². The minimum atomic E-state index is -2.96. The number of halogens is 2. The van der Waals surface area contributed by atoms with Crippen LogP contribution in [0.25, 0.3) is 0 Å². The van der Waals surface area contributed by atoms with Crippen molar-refractivity contribution in [2.45, 2.75) is 6.61 Å². The molecule has 3 rings (SSSR count). The molecule has 148 valence electrons. The van der Waals surface area contributed by atoms with Crippen LogP contribution >= 0.6 is 0 Å². The van der Waals surface area contributed by atoms with E-state index in [2.05, 4.69) is 10.1 Å². The molecule has 1 aliphatic rings. The molecule has 1 aliphatic heterocycles. The highest BCUT2D eigenvalue weighted by atomic mass is 19.3. The van der Waals surface area contributed by atoms with Crippen molar-refractivity contribution < 1.29 is 23.1 Å². The van der Waals surface area contributed by atoms with Gasteiger partial charge in [-0.25, -0.2) is 0 Å². The molecule has 1 N–H and O–H groups in total. The first kappa shape index (κ1) is 19.8. The first-order valence-electron chi connectivity index (χ1n) is 8.93. The Hall–Kier alpha value is -3.00. The average molecular weight is 389 g/mol. The number of hydrogen-bond donors (Lipinski definition) is 1. The Morgan fingerprint density at radius 3 is 2.29 bits per heavy atom. The summed E-state index contributed by atoms with van der Waals surface area (Å²) in [5.74, 6) is -0.431. The fourth-order valence-electron chi connectivity index (χ4n) is 3.03. The standard InChI is InChI=1S/C20H21F2N3O3/c21-20(22)28-17-9-5-4-8-16(17)23-18(26)14-24-10-12-25(13-11-24)19(27)15-6-2-1-3-7-15/h1-9,20H,10-14H2,(H,23,26). The third-order valence-corrected chi connectivity index (χ3v) is 4.42. The second kappa shape index (κ2) is 9.27. The summed E-state index contributed by atoms with van der Waals surface area (Å²) in [6, 6.07) is 15.1. The van der Waals surface area contributed by atoms with Crippen LogP contribution in [0, 0.1) is 0 Å². The van der Waals surface area contributed by atoms with Gasteiger partial charge in [-0.1, -0.05) is 30.3 Å². The number of piperazine rings is 1. The third-order valence-electron chi connectivity index (χ3n) is 4.42. The maximum absolute atomic E-state index is 12.5. The number of hydrogen-bond acceptors (Lipinski definition) is 4. The summed E-state index contributed by atoms with van der Waals surface area (Å²) in [6.07, 6.45) is 0. The van der Waals surface area contributed by atoms with E-state index in [1.807, 2.05) is 23.1 Å². The van der Waals surface area contributed by atoms with Crippen LogP contribution in [-0.4, -0.2) is 60.9 Å². The molecule has 0 spiro atoms. The summed E-state index contributed by atoms with van der Waals surface area (Å²) in [6.45, 7) is -0.704. The number of carbonyl (C=O) groups excluding carboxylic acids is 2. The zero-order valence-corrected chi connectivity index (χ0v) is 15.2. The number of carbonyl (C=O) groups is 2. The van der Waals surface area contributed by atoms with Gasteiger partial charge in [0.15, 0.2) is 0 Å². The summed E-state index contributed by atoms with van der Waals surface area (Å²) in [5, 5.41) is 2.60. The van der Waals surface area contributed by atoms with Gasteiger partial charge in [-0.3, -0.25) is 14.5 Å². The Morgan fingerprint density at radius 1 is 0.964 bits per heavy atom. The van der Waals surface area contributed by atoms with Gasteiger partial charge in [0, 0.05) is 31.7 Å². The Balaban J connectivity index is 1.50. The summed E-state index contributed by atoms with van der Waals surface area (Å²) in [5.41, 5.74) is 0.843. The van der Waals surface area contributed by atoms with Gasteiger partial charge in [0.2, 0.25) is 5.91 Å². The van der Waals surface area contributed by atoms with E-state index in [0.29, 0.717) is 31.7 Å². The Morgan fingerprint density at radius 2 is 1.61 bits per heavy atom. The zero-order chi connectivity index (χ0) is 19.9. The number of rotatable bonds is 6. The molecule has 1 saturated heterocycles. The summed E-state index contributed by atoms with van der Waals surface area (Å²) >= 11 is 0. The van der Waals surface area contributed by atoms with Gasteiger partial charge in [-0.2, -0.15) is 8.78 Å². The van der Waals surface area contributed by atoms with Crippen molar-refractivity contribution in [1.82, 2.24) is 9.80 Å². The van der Waals surface area contributed by atoms with Crippen molar-refractivity contribution >= 4 is 17.5 Å². The number of benzene rings is 2. The predicted molar refractivity (Wildman–Crippen MR) is 100 cm³/mol. The van der Waals surface area contributed by atoms with E-state index in [0.717, 1.165) is 0 Å². The first-order chi connectivity index (χ1) is 13.5. The molecule has 0 unspecified atom stereocenters. The fourth-order valence-corrected chi connectivity index (χ4v) is 3.03. The minimum Gasteiger partial charge on any atom is -0.433 e. The molecule has 0 aliphatic carbocycles. The molecule has 28 heavy (non-hydrogen) atoms. The van der Waals surface area contributed by atoms with Gasteiger partial charge >= 0.3 is 6.61 Å². The third kappa shape index (κ3) is 5.26.